The minimum Gasteiger partial charge on any atom is -0.489 e. The second kappa shape index (κ2) is 4.74. The van der Waals surface area contributed by atoms with Crippen LogP contribution in [0.4, 0.5) is 8.78 Å². The van der Waals surface area contributed by atoms with E-state index in [1.165, 1.54) is 0 Å². The molecule has 0 atom stereocenters. The third kappa shape index (κ3) is 3.56. The van der Waals surface area contributed by atoms with Gasteiger partial charge in [-0.15, -0.1) is 0 Å². The first-order chi connectivity index (χ1) is 6.58. The van der Waals surface area contributed by atoms with E-state index < -0.39 is 11.6 Å². The van der Waals surface area contributed by atoms with Gasteiger partial charge >= 0.3 is 0 Å². The normalized spacial score (nSPS) is 9.71. The van der Waals surface area contributed by atoms with Crippen molar-refractivity contribution in [2.24, 2.45) is 0 Å². The molecule has 0 fully saturated rings. The van der Waals surface area contributed by atoms with E-state index in [2.05, 4.69) is 0 Å². The summed E-state index contributed by atoms with van der Waals surface area (Å²) in [6.07, 6.45) is 1.84. The molecule has 0 N–H and O–H groups in total. The number of halogens is 2. The fraction of sp³-hybridized carbons (Fsp3) is 0.273. The standard InChI is InChI=1S/C11H12F2O/c1-8(2)3-4-14-11-6-9(12)5-10(13)7-11/h3,5-7H,4H2,1-2H3. The molecule has 0 saturated heterocycles. The van der Waals surface area contributed by atoms with Crippen LogP contribution >= 0.6 is 0 Å². The summed E-state index contributed by atoms with van der Waals surface area (Å²) in [4.78, 5) is 0. The van der Waals surface area contributed by atoms with Crippen LogP contribution in [0.25, 0.3) is 0 Å². The lowest BCUT2D eigenvalue weighted by molar-refractivity contribution is 0.357. The van der Waals surface area contributed by atoms with E-state index >= 15 is 0 Å². The van der Waals surface area contributed by atoms with Crippen molar-refractivity contribution in [1.29, 1.82) is 0 Å². The summed E-state index contributed by atoms with van der Waals surface area (Å²) in [6.45, 7) is 4.18. The molecule has 0 aliphatic carbocycles. The average molecular weight is 198 g/mol. The highest BCUT2D eigenvalue weighted by atomic mass is 19.1. The summed E-state index contributed by atoms with van der Waals surface area (Å²) >= 11 is 0. The molecule has 0 spiro atoms. The van der Waals surface area contributed by atoms with Gasteiger partial charge in [0.2, 0.25) is 0 Å². The molecule has 1 aromatic carbocycles. The third-order valence-electron chi connectivity index (χ3n) is 1.58. The Balaban J connectivity index is 2.63. The SMILES string of the molecule is CC(C)=CCOc1cc(F)cc(F)c1. The highest BCUT2D eigenvalue weighted by Gasteiger charge is 1.99. The van der Waals surface area contributed by atoms with Crippen molar-refractivity contribution in [3.63, 3.8) is 0 Å². The Kier molecular flexibility index (Phi) is 3.63. The van der Waals surface area contributed by atoms with E-state index in [4.69, 9.17) is 4.74 Å². The van der Waals surface area contributed by atoms with Crippen LogP contribution in [0.3, 0.4) is 0 Å². The van der Waals surface area contributed by atoms with Crippen LogP contribution < -0.4 is 4.74 Å². The number of rotatable bonds is 3. The van der Waals surface area contributed by atoms with Gasteiger partial charge in [0, 0.05) is 18.2 Å². The minimum absolute atomic E-state index is 0.208. The van der Waals surface area contributed by atoms with Gasteiger partial charge in [0.25, 0.3) is 0 Å². The minimum atomic E-state index is -0.628. The second-order valence-electron chi connectivity index (χ2n) is 3.20. The predicted molar refractivity (Wildman–Crippen MR) is 51.3 cm³/mol. The molecule has 1 nitrogen and oxygen atoms in total. The number of ether oxygens (including phenoxy) is 1. The van der Waals surface area contributed by atoms with E-state index in [-0.39, 0.29) is 5.75 Å². The first-order valence-electron chi connectivity index (χ1n) is 4.30. The van der Waals surface area contributed by atoms with Gasteiger partial charge in [-0.3, -0.25) is 0 Å². The van der Waals surface area contributed by atoms with Gasteiger partial charge in [-0.25, -0.2) is 8.78 Å². The second-order valence-corrected chi connectivity index (χ2v) is 3.20. The highest BCUT2D eigenvalue weighted by Crippen LogP contribution is 2.15. The molecule has 1 rings (SSSR count). The fourth-order valence-electron chi connectivity index (χ4n) is 0.916. The Bertz CT molecular complexity index is 321. The Morgan fingerprint density at radius 2 is 1.79 bits per heavy atom. The summed E-state index contributed by atoms with van der Waals surface area (Å²) in [6, 6.07) is 3.12. The van der Waals surface area contributed by atoms with Crippen LogP contribution in [-0.4, -0.2) is 6.61 Å². The average Bonchev–Trinajstić information content (AvgIpc) is 2.01. The number of hydrogen-bond acceptors (Lipinski definition) is 1. The molecule has 76 valence electrons. The van der Waals surface area contributed by atoms with Crippen molar-refractivity contribution in [1.82, 2.24) is 0 Å². The van der Waals surface area contributed by atoms with Crippen molar-refractivity contribution >= 4 is 0 Å². The molecule has 0 aromatic heterocycles. The molecular weight excluding hydrogens is 186 g/mol. The Morgan fingerprint density at radius 1 is 1.21 bits per heavy atom. The monoisotopic (exact) mass is 198 g/mol. The summed E-state index contributed by atoms with van der Waals surface area (Å²) in [5.41, 5.74) is 1.10. The van der Waals surface area contributed by atoms with E-state index in [0.717, 1.165) is 23.8 Å². The maximum Gasteiger partial charge on any atom is 0.129 e. The molecule has 0 unspecified atom stereocenters. The molecule has 0 radical (unpaired) electrons. The maximum absolute atomic E-state index is 12.7. The number of hydrogen-bond donors (Lipinski definition) is 0. The van der Waals surface area contributed by atoms with Crippen molar-refractivity contribution in [3.05, 3.63) is 41.5 Å². The molecule has 0 bridgehead atoms. The van der Waals surface area contributed by atoms with Gasteiger partial charge in [0.05, 0.1) is 0 Å². The lowest BCUT2D eigenvalue weighted by atomic mass is 10.3. The topological polar surface area (TPSA) is 9.23 Å². The summed E-state index contributed by atoms with van der Waals surface area (Å²) in [5, 5.41) is 0. The van der Waals surface area contributed by atoms with Crippen LogP contribution in [0.2, 0.25) is 0 Å². The van der Waals surface area contributed by atoms with Gasteiger partial charge in [0.15, 0.2) is 0 Å². The van der Waals surface area contributed by atoms with Gasteiger partial charge < -0.3 is 4.74 Å². The Morgan fingerprint density at radius 3 is 2.29 bits per heavy atom. The van der Waals surface area contributed by atoms with E-state index in [0.29, 0.717) is 6.61 Å². The van der Waals surface area contributed by atoms with Crippen molar-refractivity contribution in [3.8, 4) is 5.75 Å². The molecule has 3 heteroatoms. The van der Waals surface area contributed by atoms with Gasteiger partial charge in [-0.05, 0) is 19.9 Å². The summed E-state index contributed by atoms with van der Waals surface area (Å²) in [7, 11) is 0. The fourth-order valence-corrected chi connectivity index (χ4v) is 0.916. The van der Waals surface area contributed by atoms with E-state index in [9.17, 15) is 8.78 Å². The summed E-state index contributed by atoms with van der Waals surface area (Å²) in [5.74, 6) is -1.05. The van der Waals surface area contributed by atoms with Crippen molar-refractivity contribution in [2.45, 2.75) is 13.8 Å². The van der Waals surface area contributed by atoms with Crippen LogP contribution in [0.15, 0.2) is 29.8 Å². The molecule has 1 aromatic rings. The predicted octanol–water partition coefficient (Wildman–Crippen LogP) is 3.31. The van der Waals surface area contributed by atoms with Gasteiger partial charge in [-0.1, -0.05) is 5.57 Å². The number of allylic oxidation sites excluding steroid dienone is 1. The van der Waals surface area contributed by atoms with Gasteiger partial charge in [0.1, 0.15) is 24.0 Å². The molecule has 0 heterocycles. The number of benzene rings is 1. The van der Waals surface area contributed by atoms with Crippen LogP contribution in [0.5, 0.6) is 5.75 Å². The highest BCUT2D eigenvalue weighted by molar-refractivity contribution is 5.24. The first kappa shape index (κ1) is 10.7. The lowest BCUT2D eigenvalue weighted by Crippen LogP contribution is -1.95. The van der Waals surface area contributed by atoms with E-state index in [1.54, 1.807) is 0 Å². The Labute approximate surface area is 82.0 Å². The van der Waals surface area contributed by atoms with Crippen molar-refractivity contribution < 1.29 is 13.5 Å². The van der Waals surface area contributed by atoms with Crippen LogP contribution in [0.1, 0.15) is 13.8 Å². The first-order valence-corrected chi connectivity index (χ1v) is 4.30. The van der Waals surface area contributed by atoms with Gasteiger partial charge in [-0.2, -0.15) is 0 Å². The molecule has 0 saturated carbocycles. The molecule has 0 amide bonds. The lowest BCUT2D eigenvalue weighted by Gasteiger charge is -2.03. The largest absolute Gasteiger partial charge is 0.489 e. The van der Waals surface area contributed by atoms with Crippen LogP contribution in [-0.2, 0) is 0 Å². The third-order valence-corrected chi connectivity index (χ3v) is 1.58. The maximum atomic E-state index is 12.7. The molecule has 0 aliphatic rings. The van der Waals surface area contributed by atoms with Crippen molar-refractivity contribution in [2.75, 3.05) is 6.61 Å². The zero-order chi connectivity index (χ0) is 10.6. The summed E-state index contributed by atoms with van der Waals surface area (Å²) < 4.78 is 30.5. The zero-order valence-corrected chi connectivity index (χ0v) is 8.18. The molecule has 14 heavy (non-hydrogen) atoms. The zero-order valence-electron chi connectivity index (χ0n) is 8.18. The smallest absolute Gasteiger partial charge is 0.129 e. The van der Waals surface area contributed by atoms with E-state index in [1.807, 2.05) is 19.9 Å². The molecule has 0 aliphatic heterocycles. The quantitative estimate of drug-likeness (QED) is 0.677. The van der Waals surface area contributed by atoms with Crippen LogP contribution in [0, 0.1) is 11.6 Å². The Hall–Kier alpha value is -1.38. The molecular formula is C11H12F2O.